The minimum absolute atomic E-state index is 0.160. The first-order chi connectivity index (χ1) is 45.6. The zero-order valence-electron chi connectivity index (χ0n) is 58.5. The van der Waals surface area contributed by atoms with Crippen molar-refractivity contribution >= 4 is 17.9 Å². The Morgan fingerprint density at radius 3 is 0.871 bits per heavy atom. The Labute approximate surface area is 567 Å². The Morgan fingerprint density at radius 2 is 0.581 bits per heavy atom. The van der Waals surface area contributed by atoms with Crippen LogP contribution in [-0.4, -0.2) is 87.4 Å². The third-order valence-corrected chi connectivity index (χ3v) is 13.6. The van der Waals surface area contributed by atoms with Crippen LogP contribution >= 0.6 is 0 Å². The molecule has 0 saturated carbocycles. The number of carbonyl (C=O) groups is 3. The Bertz CT molecular complexity index is 2430. The number of carboxylic acid groups (broad SMARTS) is 1. The summed E-state index contributed by atoms with van der Waals surface area (Å²) in [6, 6.07) is 0. The molecule has 0 heterocycles. The van der Waals surface area contributed by atoms with Gasteiger partial charge in [0.2, 0.25) is 0 Å². The van der Waals surface area contributed by atoms with E-state index in [-0.39, 0.29) is 32.7 Å². The molecule has 0 aliphatic rings. The van der Waals surface area contributed by atoms with Crippen LogP contribution in [0, 0.1) is 0 Å². The number of carbonyl (C=O) groups excluding carboxylic acids is 2. The minimum atomic E-state index is -1.55. The maximum absolute atomic E-state index is 12.9. The van der Waals surface area contributed by atoms with Gasteiger partial charge in [0.1, 0.15) is 13.2 Å². The van der Waals surface area contributed by atoms with E-state index in [1.807, 2.05) is 21.1 Å². The van der Waals surface area contributed by atoms with Gasteiger partial charge in [-0.05, 0) is 167 Å². The Hall–Kier alpha value is -6.91. The lowest BCUT2D eigenvalue weighted by molar-refractivity contribution is -0.870. The second-order valence-electron chi connectivity index (χ2n) is 23.4. The number of unbranched alkanes of at least 4 members (excludes halogenated alkanes) is 6. The molecule has 93 heavy (non-hydrogen) atoms. The number of aliphatic carboxylic acids is 1. The lowest BCUT2D eigenvalue weighted by Gasteiger charge is -2.25. The van der Waals surface area contributed by atoms with Crippen molar-refractivity contribution in [2.45, 2.75) is 219 Å². The van der Waals surface area contributed by atoms with Crippen LogP contribution in [0.3, 0.4) is 0 Å². The Balaban J connectivity index is 4.38. The Kier molecular flexibility index (Phi) is 65.7. The molecule has 2 unspecified atom stereocenters. The minimum Gasteiger partial charge on any atom is -0.477 e. The SMILES string of the molecule is CC/C=C\C/C=C\C/C=C\C/C=C\C/C=C\C/C=C\C/C=C\C/C=C\C/C=C\C/C=C\CCCCCCC(=O)OC(COC(=O)CCCC/C=C\C/C=C\C/C=C\C/C=C\C/C=C\C/C=C\C/C=C\C/C=C\C/C=C\C/C=C\CC)COC(OCC[N+](C)(C)C)C(=O)O. The van der Waals surface area contributed by atoms with Crippen molar-refractivity contribution in [2.24, 2.45) is 0 Å². The van der Waals surface area contributed by atoms with E-state index in [4.69, 9.17) is 18.9 Å². The number of hydrogen-bond acceptors (Lipinski definition) is 7. The Morgan fingerprint density at radius 1 is 0.323 bits per heavy atom. The first-order valence-corrected chi connectivity index (χ1v) is 35.2. The zero-order valence-corrected chi connectivity index (χ0v) is 58.5. The van der Waals surface area contributed by atoms with Crippen LogP contribution in [-0.2, 0) is 33.3 Å². The predicted molar refractivity (Wildman–Crippen MR) is 400 cm³/mol. The number of ether oxygens (including phenoxy) is 4. The number of carboxylic acids is 1. The average Bonchev–Trinajstić information content (AvgIpc) is 3.74. The number of esters is 2. The summed E-state index contributed by atoms with van der Waals surface area (Å²) >= 11 is 0. The van der Waals surface area contributed by atoms with Crippen molar-refractivity contribution < 1.29 is 42.9 Å². The lowest BCUT2D eigenvalue weighted by Crippen LogP contribution is -2.40. The quantitative estimate of drug-likeness (QED) is 0.0211. The standard InChI is InChI=1S/C84H125NO8/c1-6-8-10-12-14-16-18-20-22-24-26-28-30-32-34-36-38-40-41-43-45-47-49-51-53-55-57-59-61-63-65-67-69-71-73-75-82(87)93-80(79-92-84(83(88)89)90-77-76-85(3,4)5)78-91-81(86)74-72-70-68-66-64-62-60-58-56-54-52-50-48-46-44-42-39-37-35-33-31-29-27-25-23-21-19-17-15-13-11-9-7-2/h8-11,14-17,20-23,26-29,32-35,38-40,42-43,45-46,48-49,51-52,54-55,57-58,60-61,63-64,66,80,84H,6-7,12-13,18-19,24-25,30-31,36-37,41,44,47,50,53,56,59,62,65,67-79H2,1-5H3/p+1/b10-8-,11-9-,16-14-,17-15-,22-20-,23-21-,28-26-,29-27-,34-32-,35-33-,40-38-,42-39-,45-43-,48-46-,51-49-,54-52-,57-55-,60-58-,63-61-,66-64-. The fraction of sp³-hybridized carbons (Fsp3) is 0.488. The lowest BCUT2D eigenvalue weighted by atomic mass is 10.1. The highest BCUT2D eigenvalue weighted by atomic mass is 16.7. The highest BCUT2D eigenvalue weighted by Gasteiger charge is 2.25. The van der Waals surface area contributed by atoms with E-state index in [9.17, 15) is 19.5 Å². The third-order valence-electron chi connectivity index (χ3n) is 13.6. The number of quaternary nitrogens is 1. The van der Waals surface area contributed by atoms with Crippen molar-refractivity contribution in [2.75, 3.05) is 47.5 Å². The normalized spacial score (nSPS) is 14.2. The highest BCUT2D eigenvalue weighted by molar-refractivity contribution is 5.71. The molecule has 1 N–H and O–H groups in total. The van der Waals surface area contributed by atoms with Gasteiger partial charge in [-0.25, -0.2) is 4.79 Å². The van der Waals surface area contributed by atoms with E-state index in [1.165, 1.54) is 0 Å². The van der Waals surface area contributed by atoms with E-state index >= 15 is 0 Å². The maximum atomic E-state index is 12.9. The second kappa shape index (κ2) is 70.9. The molecule has 0 saturated heterocycles. The predicted octanol–water partition coefficient (Wildman–Crippen LogP) is 22.5. The van der Waals surface area contributed by atoms with Crippen LogP contribution in [0.25, 0.3) is 0 Å². The van der Waals surface area contributed by atoms with Gasteiger partial charge in [-0.3, -0.25) is 9.59 Å². The molecule has 0 spiro atoms. The van der Waals surface area contributed by atoms with Crippen molar-refractivity contribution in [3.63, 3.8) is 0 Å². The van der Waals surface area contributed by atoms with E-state index < -0.39 is 30.3 Å². The van der Waals surface area contributed by atoms with Gasteiger partial charge in [0.05, 0.1) is 34.4 Å². The number of rotatable bonds is 61. The number of nitrogens with zero attached hydrogens (tertiary/aromatic N) is 1. The van der Waals surface area contributed by atoms with E-state index in [0.717, 1.165) is 167 Å². The molecule has 0 aromatic heterocycles. The van der Waals surface area contributed by atoms with Crippen molar-refractivity contribution in [1.82, 2.24) is 0 Å². The van der Waals surface area contributed by atoms with Gasteiger partial charge >= 0.3 is 17.9 Å². The van der Waals surface area contributed by atoms with Gasteiger partial charge in [-0.15, -0.1) is 0 Å². The van der Waals surface area contributed by atoms with Gasteiger partial charge in [0.15, 0.2) is 6.10 Å². The molecule has 9 heteroatoms. The molecule has 0 aliphatic carbocycles. The summed E-state index contributed by atoms with van der Waals surface area (Å²) in [7, 11) is 5.93. The fourth-order valence-corrected chi connectivity index (χ4v) is 8.30. The number of hydrogen-bond donors (Lipinski definition) is 1. The third kappa shape index (κ3) is 72.4. The first-order valence-electron chi connectivity index (χ1n) is 35.2. The smallest absolute Gasteiger partial charge is 0.361 e. The summed E-state index contributed by atoms with van der Waals surface area (Å²) < 4.78 is 22.9. The molecule has 2 atom stereocenters. The highest BCUT2D eigenvalue weighted by Crippen LogP contribution is 2.12. The summed E-state index contributed by atoms with van der Waals surface area (Å²) in [5, 5.41) is 9.75. The molecule has 0 rings (SSSR count). The summed E-state index contributed by atoms with van der Waals surface area (Å²) in [5.74, 6) is -2.14. The van der Waals surface area contributed by atoms with Crippen LogP contribution in [0.2, 0.25) is 0 Å². The first kappa shape index (κ1) is 86.1. The average molecular weight is 1280 g/mol. The van der Waals surface area contributed by atoms with E-state index in [0.29, 0.717) is 23.9 Å². The van der Waals surface area contributed by atoms with Crippen LogP contribution in [0.4, 0.5) is 0 Å². The molecule has 514 valence electrons. The molecule has 0 fully saturated rings. The van der Waals surface area contributed by atoms with Gasteiger partial charge in [-0.2, -0.15) is 0 Å². The topological polar surface area (TPSA) is 108 Å². The molecular formula is C84H126NO8+. The van der Waals surface area contributed by atoms with Crippen molar-refractivity contribution in [1.29, 1.82) is 0 Å². The molecule has 0 aromatic carbocycles. The number of allylic oxidation sites excluding steroid dienone is 40. The molecular weight excluding hydrogens is 1150 g/mol. The molecule has 0 amide bonds. The monoisotopic (exact) mass is 1280 g/mol. The largest absolute Gasteiger partial charge is 0.477 e. The molecule has 0 aliphatic heterocycles. The maximum Gasteiger partial charge on any atom is 0.361 e. The zero-order chi connectivity index (χ0) is 67.5. The fourth-order valence-electron chi connectivity index (χ4n) is 8.30. The molecule has 9 nitrogen and oxygen atoms in total. The second-order valence-corrected chi connectivity index (χ2v) is 23.4. The number of likely N-dealkylation sites (N-methyl/N-ethyl adjacent to an activating group) is 1. The van der Waals surface area contributed by atoms with E-state index in [2.05, 4.69) is 257 Å². The summed E-state index contributed by atoms with van der Waals surface area (Å²) in [6.07, 6.45) is 113. The van der Waals surface area contributed by atoms with Crippen LogP contribution < -0.4 is 0 Å². The van der Waals surface area contributed by atoms with Gasteiger partial charge < -0.3 is 28.5 Å². The molecule has 0 bridgehead atoms. The summed E-state index contributed by atoms with van der Waals surface area (Å²) in [6.45, 7) is 4.52. The van der Waals surface area contributed by atoms with Crippen molar-refractivity contribution in [3.8, 4) is 0 Å². The van der Waals surface area contributed by atoms with E-state index in [1.54, 1.807) is 0 Å². The van der Waals surface area contributed by atoms with Gasteiger partial charge in [0, 0.05) is 12.8 Å². The van der Waals surface area contributed by atoms with Crippen molar-refractivity contribution in [3.05, 3.63) is 243 Å². The molecule has 0 radical (unpaired) electrons. The van der Waals surface area contributed by atoms with Gasteiger partial charge in [-0.1, -0.05) is 270 Å². The van der Waals surface area contributed by atoms with Crippen LogP contribution in [0.15, 0.2) is 243 Å². The molecule has 0 aromatic rings. The summed E-state index contributed by atoms with van der Waals surface area (Å²) in [4.78, 5) is 37.6. The van der Waals surface area contributed by atoms with Crippen LogP contribution in [0.1, 0.15) is 206 Å². The van der Waals surface area contributed by atoms with Crippen LogP contribution in [0.5, 0.6) is 0 Å². The summed E-state index contributed by atoms with van der Waals surface area (Å²) in [5.41, 5.74) is 0. The van der Waals surface area contributed by atoms with Gasteiger partial charge in [0.25, 0.3) is 6.29 Å².